The molecule has 1 aromatic rings. The van der Waals surface area contributed by atoms with Crippen molar-refractivity contribution < 1.29 is 9.90 Å². The predicted molar refractivity (Wildman–Crippen MR) is 67.2 cm³/mol. The van der Waals surface area contributed by atoms with Gasteiger partial charge in [0.15, 0.2) is 7.98 Å². The molecule has 1 atom stereocenters. The van der Waals surface area contributed by atoms with E-state index in [4.69, 9.17) is 13.1 Å². The van der Waals surface area contributed by atoms with E-state index >= 15 is 0 Å². The maximum atomic E-state index is 10.9. The van der Waals surface area contributed by atoms with Crippen molar-refractivity contribution in [2.45, 2.75) is 12.5 Å². The smallest absolute Gasteiger partial charge is 0.305 e. The molecule has 88 valence electrons. The lowest BCUT2D eigenvalue weighted by Gasteiger charge is -2.41. The van der Waals surface area contributed by atoms with E-state index in [0.717, 1.165) is 18.8 Å². The predicted octanol–water partition coefficient (Wildman–Crippen LogP) is 0.735. The number of carbonyl (C=O) groups is 1. The summed E-state index contributed by atoms with van der Waals surface area (Å²) in [4.78, 5) is 14.7. The number of piperazine rings is 1. The number of aliphatic carboxylic acids is 1. The van der Waals surface area contributed by atoms with Crippen LogP contribution in [0.15, 0.2) is 30.3 Å². The third-order valence-corrected chi connectivity index (χ3v) is 3.01. The van der Waals surface area contributed by atoms with E-state index in [9.17, 15) is 4.79 Å². The number of hydrogen-bond acceptors (Lipinski definition) is 3. The van der Waals surface area contributed by atoms with Crippen molar-refractivity contribution in [3.05, 3.63) is 30.3 Å². The first kappa shape index (κ1) is 12.0. The van der Waals surface area contributed by atoms with Crippen molar-refractivity contribution in [3.63, 3.8) is 0 Å². The Hall–Kier alpha value is -1.49. The van der Waals surface area contributed by atoms with Gasteiger partial charge in [0.2, 0.25) is 0 Å². The van der Waals surface area contributed by atoms with Gasteiger partial charge in [0.05, 0.1) is 12.5 Å². The standard InChI is InChI=1S/C12H15BN2O2/c13-14-6-7-15(10-4-2-1-3-5-10)11(9-14)8-12(16)17/h1-5,11H,6-9H2,(H,16,17). The Balaban J connectivity index is 2.15. The highest BCUT2D eigenvalue weighted by molar-refractivity contribution is 6.04. The number of benzene rings is 1. The summed E-state index contributed by atoms with van der Waals surface area (Å²) in [5.41, 5.74) is 1.06. The van der Waals surface area contributed by atoms with Crippen molar-refractivity contribution in [2.24, 2.45) is 0 Å². The first-order valence-corrected chi connectivity index (χ1v) is 5.70. The van der Waals surface area contributed by atoms with E-state index in [2.05, 4.69) is 4.90 Å². The van der Waals surface area contributed by atoms with Gasteiger partial charge < -0.3 is 14.8 Å². The summed E-state index contributed by atoms with van der Waals surface area (Å²) in [6, 6.07) is 9.81. The number of carboxylic acid groups (broad SMARTS) is 1. The second-order valence-corrected chi connectivity index (χ2v) is 4.28. The van der Waals surface area contributed by atoms with Gasteiger partial charge in [-0.1, -0.05) is 18.2 Å². The van der Waals surface area contributed by atoms with E-state index in [1.165, 1.54) is 0 Å². The fourth-order valence-electron chi connectivity index (χ4n) is 2.21. The van der Waals surface area contributed by atoms with Crippen LogP contribution in [0.3, 0.4) is 0 Å². The second-order valence-electron chi connectivity index (χ2n) is 4.28. The Labute approximate surface area is 102 Å². The van der Waals surface area contributed by atoms with Crippen LogP contribution in [0.25, 0.3) is 0 Å². The maximum absolute atomic E-state index is 10.9. The molecule has 1 aliphatic rings. The van der Waals surface area contributed by atoms with Crippen LogP contribution < -0.4 is 4.90 Å². The zero-order chi connectivity index (χ0) is 12.3. The Morgan fingerprint density at radius 3 is 2.71 bits per heavy atom. The third-order valence-electron chi connectivity index (χ3n) is 3.01. The number of anilines is 1. The van der Waals surface area contributed by atoms with Crippen LogP contribution in [0.2, 0.25) is 0 Å². The molecule has 5 heteroatoms. The van der Waals surface area contributed by atoms with Gasteiger partial charge in [-0.15, -0.1) is 0 Å². The van der Waals surface area contributed by atoms with Gasteiger partial charge in [-0.3, -0.25) is 4.79 Å². The van der Waals surface area contributed by atoms with E-state index < -0.39 is 5.97 Å². The first-order valence-electron chi connectivity index (χ1n) is 5.70. The zero-order valence-corrected chi connectivity index (χ0v) is 9.62. The van der Waals surface area contributed by atoms with Gasteiger partial charge in [0, 0.05) is 25.3 Å². The van der Waals surface area contributed by atoms with Crippen LogP contribution in [0.1, 0.15) is 6.42 Å². The molecule has 2 radical (unpaired) electrons. The molecule has 0 bridgehead atoms. The van der Waals surface area contributed by atoms with Crippen LogP contribution in [0.4, 0.5) is 5.69 Å². The molecule has 1 unspecified atom stereocenters. The lowest BCUT2D eigenvalue weighted by atomic mass is 10.0. The molecule has 17 heavy (non-hydrogen) atoms. The van der Waals surface area contributed by atoms with Gasteiger partial charge in [-0.25, -0.2) is 0 Å². The Morgan fingerprint density at radius 2 is 2.06 bits per heavy atom. The second kappa shape index (κ2) is 5.23. The van der Waals surface area contributed by atoms with Gasteiger partial charge in [-0.2, -0.15) is 0 Å². The molecule has 0 aromatic heterocycles. The summed E-state index contributed by atoms with van der Waals surface area (Å²) >= 11 is 0. The average molecular weight is 230 g/mol. The lowest BCUT2D eigenvalue weighted by molar-refractivity contribution is -0.137. The van der Waals surface area contributed by atoms with Crippen molar-refractivity contribution in [2.75, 3.05) is 24.5 Å². The molecular formula is C12H15BN2O2. The molecular weight excluding hydrogens is 215 g/mol. The molecule has 1 saturated heterocycles. The number of nitrogens with zero attached hydrogens (tertiary/aromatic N) is 2. The summed E-state index contributed by atoms with van der Waals surface area (Å²) in [5.74, 6) is -0.786. The van der Waals surface area contributed by atoms with E-state index in [1.807, 2.05) is 30.3 Å². The average Bonchev–Trinajstić information content (AvgIpc) is 2.29. The Kier molecular flexibility index (Phi) is 3.69. The Bertz CT molecular complexity index is 385. The highest BCUT2D eigenvalue weighted by atomic mass is 16.4. The van der Waals surface area contributed by atoms with Crippen molar-refractivity contribution in [1.82, 2.24) is 4.81 Å². The minimum absolute atomic E-state index is 0.0614. The van der Waals surface area contributed by atoms with Crippen molar-refractivity contribution in [1.29, 1.82) is 0 Å². The highest BCUT2D eigenvalue weighted by Gasteiger charge is 2.26. The summed E-state index contributed by atoms with van der Waals surface area (Å²) in [6.07, 6.45) is 0.114. The molecule has 0 aliphatic carbocycles. The molecule has 0 saturated carbocycles. The molecule has 1 aliphatic heterocycles. The quantitative estimate of drug-likeness (QED) is 0.777. The highest BCUT2D eigenvalue weighted by Crippen LogP contribution is 2.21. The molecule has 1 aromatic carbocycles. The summed E-state index contributed by atoms with van der Waals surface area (Å²) < 4.78 is 0. The number of carboxylic acids is 1. The molecule has 1 fully saturated rings. The van der Waals surface area contributed by atoms with Crippen LogP contribution in [0.5, 0.6) is 0 Å². The van der Waals surface area contributed by atoms with Crippen LogP contribution in [-0.4, -0.2) is 49.5 Å². The molecule has 1 heterocycles. The third kappa shape index (κ3) is 3.00. The Morgan fingerprint density at radius 1 is 1.35 bits per heavy atom. The number of rotatable bonds is 3. The van der Waals surface area contributed by atoms with Gasteiger partial charge in [0.25, 0.3) is 0 Å². The van der Waals surface area contributed by atoms with E-state index in [1.54, 1.807) is 4.81 Å². The lowest BCUT2D eigenvalue weighted by Crippen LogP contribution is -2.53. The molecule has 0 spiro atoms. The first-order chi connectivity index (χ1) is 8.16. The maximum Gasteiger partial charge on any atom is 0.305 e. The van der Waals surface area contributed by atoms with E-state index in [-0.39, 0.29) is 12.5 Å². The normalized spacial score (nSPS) is 21.4. The van der Waals surface area contributed by atoms with Crippen molar-refractivity contribution in [3.8, 4) is 0 Å². The van der Waals surface area contributed by atoms with E-state index in [0.29, 0.717) is 6.54 Å². The molecule has 1 N–H and O–H groups in total. The van der Waals surface area contributed by atoms with Crippen molar-refractivity contribution >= 4 is 19.6 Å². The minimum atomic E-state index is -0.786. The fraction of sp³-hybridized carbons (Fsp3) is 0.417. The molecule has 0 amide bonds. The molecule has 2 rings (SSSR count). The summed E-state index contributed by atoms with van der Waals surface area (Å²) in [5, 5.41) is 8.93. The topological polar surface area (TPSA) is 43.8 Å². The fourth-order valence-corrected chi connectivity index (χ4v) is 2.21. The van der Waals surface area contributed by atoms with Crippen LogP contribution >= 0.6 is 0 Å². The number of hydrogen-bond donors (Lipinski definition) is 1. The van der Waals surface area contributed by atoms with Gasteiger partial charge >= 0.3 is 5.97 Å². The monoisotopic (exact) mass is 230 g/mol. The number of para-hydroxylation sites is 1. The SMILES string of the molecule is [B]N1CCN(c2ccccc2)C(CC(=O)O)C1. The van der Waals surface area contributed by atoms with Crippen LogP contribution in [0, 0.1) is 0 Å². The largest absolute Gasteiger partial charge is 0.481 e. The van der Waals surface area contributed by atoms with Gasteiger partial charge in [-0.05, 0) is 12.1 Å². The zero-order valence-electron chi connectivity index (χ0n) is 9.62. The van der Waals surface area contributed by atoms with Crippen LogP contribution in [-0.2, 0) is 4.79 Å². The summed E-state index contributed by atoms with van der Waals surface area (Å²) in [6.45, 7) is 2.10. The molecule has 4 nitrogen and oxygen atoms in total. The minimum Gasteiger partial charge on any atom is -0.481 e. The van der Waals surface area contributed by atoms with Gasteiger partial charge in [0.1, 0.15) is 0 Å². The summed E-state index contributed by atoms with van der Waals surface area (Å²) in [7, 11) is 5.75.